The van der Waals surface area contributed by atoms with Crippen LogP contribution in [0.4, 0.5) is 11.5 Å². The fourth-order valence-electron chi connectivity index (χ4n) is 2.89. The van der Waals surface area contributed by atoms with Crippen LogP contribution in [-0.4, -0.2) is 24.7 Å². The van der Waals surface area contributed by atoms with Crippen LogP contribution in [0.2, 0.25) is 0 Å². The largest absolute Gasteiger partial charge is 0.476 e. The van der Waals surface area contributed by atoms with E-state index in [0.29, 0.717) is 28.8 Å². The van der Waals surface area contributed by atoms with E-state index < -0.39 is 0 Å². The van der Waals surface area contributed by atoms with E-state index in [1.54, 1.807) is 0 Å². The van der Waals surface area contributed by atoms with Crippen LogP contribution in [0.25, 0.3) is 0 Å². The van der Waals surface area contributed by atoms with Gasteiger partial charge in [0.2, 0.25) is 5.88 Å². The normalized spacial score (nSPS) is 22.6. The molecule has 2 heterocycles. The van der Waals surface area contributed by atoms with Gasteiger partial charge in [-0.15, -0.1) is 0 Å². The molecule has 21 heavy (non-hydrogen) atoms. The molecule has 1 saturated carbocycles. The van der Waals surface area contributed by atoms with E-state index in [2.05, 4.69) is 30.7 Å². The summed E-state index contributed by atoms with van der Waals surface area (Å²) in [6, 6.07) is 3.94. The Labute approximate surface area is 127 Å². The third-order valence-corrected chi connectivity index (χ3v) is 4.76. The van der Waals surface area contributed by atoms with Crippen molar-refractivity contribution in [2.24, 2.45) is 17.3 Å². The lowest BCUT2D eigenvalue weighted by atomic mass is 9.80. The zero-order valence-corrected chi connectivity index (χ0v) is 13.4. The minimum absolute atomic E-state index is 0.355. The number of hydrogen-bond acceptors (Lipinski definition) is 4. The quantitative estimate of drug-likeness (QED) is 0.923. The lowest BCUT2D eigenvalue weighted by Gasteiger charge is -2.27. The van der Waals surface area contributed by atoms with Crippen molar-refractivity contribution in [3.05, 3.63) is 12.1 Å². The van der Waals surface area contributed by atoms with Gasteiger partial charge in [-0.05, 0) is 48.6 Å². The maximum Gasteiger partial charge on any atom is 0.239 e. The number of aromatic nitrogens is 1. The molecule has 2 fully saturated rings. The van der Waals surface area contributed by atoms with E-state index in [1.165, 1.54) is 19.3 Å². The topological polar surface area (TPSA) is 51.4 Å². The number of anilines is 2. The van der Waals surface area contributed by atoms with Crippen molar-refractivity contribution in [2.45, 2.75) is 40.0 Å². The molecule has 2 N–H and O–H groups in total. The van der Waals surface area contributed by atoms with Crippen LogP contribution in [0, 0.1) is 17.3 Å². The predicted molar refractivity (Wildman–Crippen MR) is 86.6 cm³/mol. The first kappa shape index (κ1) is 14.5. The van der Waals surface area contributed by atoms with Gasteiger partial charge in [-0.25, -0.2) is 0 Å². The number of pyridine rings is 1. The molecular weight excluding hydrogens is 262 g/mol. The molecule has 1 atom stereocenters. The predicted octanol–water partition coefficient (Wildman–Crippen LogP) is 3.33. The van der Waals surface area contributed by atoms with Gasteiger partial charge in [0.25, 0.3) is 0 Å². The number of nitrogens with two attached hydrogens (primary N) is 1. The molecule has 0 radical (unpaired) electrons. The summed E-state index contributed by atoms with van der Waals surface area (Å²) in [5, 5.41) is 0. The summed E-state index contributed by atoms with van der Waals surface area (Å²) in [6.07, 6.45) is 3.78. The van der Waals surface area contributed by atoms with Crippen LogP contribution in [-0.2, 0) is 0 Å². The average Bonchev–Trinajstić information content (AvgIpc) is 3.10. The van der Waals surface area contributed by atoms with Crippen molar-refractivity contribution in [2.75, 3.05) is 30.3 Å². The van der Waals surface area contributed by atoms with Crippen LogP contribution in [0.5, 0.6) is 5.88 Å². The highest BCUT2D eigenvalue weighted by molar-refractivity contribution is 5.55. The van der Waals surface area contributed by atoms with Crippen LogP contribution in [0.1, 0.15) is 40.0 Å². The fourth-order valence-corrected chi connectivity index (χ4v) is 2.89. The third-order valence-electron chi connectivity index (χ3n) is 4.76. The van der Waals surface area contributed by atoms with Crippen molar-refractivity contribution >= 4 is 11.5 Å². The van der Waals surface area contributed by atoms with E-state index in [4.69, 9.17) is 10.5 Å². The molecule has 0 spiro atoms. The smallest absolute Gasteiger partial charge is 0.239 e. The van der Waals surface area contributed by atoms with Crippen molar-refractivity contribution in [3.8, 4) is 5.88 Å². The first-order valence-electron chi connectivity index (χ1n) is 8.08. The molecule has 1 aromatic rings. The molecule has 1 aliphatic heterocycles. The van der Waals surface area contributed by atoms with Gasteiger partial charge in [-0.2, -0.15) is 4.98 Å². The molecule has 2 aliphatic rings. The number of ether oxygens (including phenoxy) is 1. The molecule has 0 bridgehead atoms. The molecule has 4 heteroatoms. The summed E-state index contributed by atoms with van der Waals surface area (Å²) in [4.78, 5) is 7.01. The second kappa shape index (κ2) is 5.39. The first-order chi connectivity index (χ1) is 9.93. The SMILES string of the molecule is CC(C)(C)C1CCN(c2ccc(N)c(OCC3CC3)n2)C1. The molecule has 1 aliphatic carbocycles. The van der Waals surface area contributed by atoms with E-state index in [0.717, 1.165) is 25.5 Å². The molecular formula is C17H27N3O. The molecule has 4 nitrogen and oxygen atoms in total. The highest BCUT2D eigenvalue weighted by Gasteiger charge is 2.32. The van der Waals surface area contributed by atoms with Gasteiger partial charge in [0.1, 0.15) is 5.82 Å². The number of nitrogen functional groups attached to an aromatic ring is 1. The van der Waals surface area contributed by atoms with Crippen molar-refractivity contribution in [1.82, 2.24) is 4.98 Å². The number of nitrogens with zero attached hydrogens (tertiary/aromatic N) is 2. The molecule has 0 amide bonds. The minimum atomic E-state index is 0.355. The Morgan fingerprint density at radius 3 is 2.67 bits per heavy atom. The Bertz CT molecular complexity index is 505. The Hall–Kier alpha value is -1.45. The summed E-state index contributed by atoms with van der Waals surface area (Å²) in [6.45, 7) is 9.86. The van der Waals surface area contributed by atoms with Gasteiger partial charge in [-0.3, -0.25) is 0 Å². The molecule has 1 unspecified atom stereocenters. The van der Waals surface area contributed by atoms with Crippen molar-refractivity contribution < 1.29 is 4.74 Å². The van der Waals surface area contributed by atoms with Gasteiger partial charge >= 0.3 is 0 Å². The Morgan fingerprint density at radius 2 is 2.05 bits per heavy atom. The van der Waals surface area contributed by atoms with E-state index in [9.17, 15) is 0 Å². The maximum absolute atomic E-state index is 5.99. The Balaban J connectivity index is 1.69. The second-order valence-electron chi connectivity index (χ2n) is 7.62. The number of hydrogen-bond donors (Lipinski definition) is 1. The Kier molecular flexibility index (Phi) is 3.72. The monoisotopic (exact) mass is 289 g/mol. The van der Waals surface area contributed by atoms with Gasteiger partial charge < -0.3 is 15.4 Å². The summed E-state index contributed by atoms with van der Waals surface area (Å²) in [5.41, 5.74) is 6.98. The van der Waals surface area contributed by atoms with Gasteiger partial charge in [0.05, 0.1) is 12.3 Å². The van der Waals surface area contributed by atoms with Gasteiger partial charge in [-0.1, -0.05) is 20.8 Å². The van der Waals surface area contributed by atoms with Crippen LogP contribution >= 0.6 is 0 Å². The summed E-state index contributed by atoms with van der Waals surface area (Å²) in [7, 11) is 0. The lowest BCUT2D eigenvalue weighted by Crippen LogP contribution is -2.26. The maximum atomic E-state index is 5.99. The molecule has 116 valence electrons. The summed E-state index contributed by atoms with van der Waals surface area (Å²) in [5.74, 6) is 3.04. The second-order valence-corrected chi connectivity index (χ2v) is 7.62. The highest BCUT2D eigenvalue weighted by Crippen LogP contribution is 2.36. The van der Waals surface area contributed by atoms with Crippen LogP contribution in [0.15, 0.2) is 12.1 Å². The Morgan fingerprint density at radius 1 is 1.29 bits per heavy atom. The minimum Gasteiger partial charge on any atom is -0.476 e. The molecule has 1 aromatic heterocycles. The van der Waals surface area contributed by atoms with E-state index in [-0.39, 0.29) is 0 Å². The average molecular weight is 289 g/mol. The number of rotatable bonds is 4. The van der Waals surface area contributed by atoms with E-state index >= 15 is 0 Å². The molecule has 3 rings (SSSR count). The van der Waals surface area contributed by atoms with Crippen LogP contribution < -0.4 is 15.4 Å². The first-order valence-corrected chi connectivity index (χ1v) is 8.08. The van der Waals surface area contributed by atoms with Crippen LogP contribution in [0.3, 0.4) is 0 Å². The van der Waals surface area contributed by atoms with Crippen molar-refractivity contribution in [1.29, 1.82) is 0 Å². The standard InChI is InChI=1S/C17H27N3O/c1-17(2,3)13-8-9-20(10-13)15-7-6-14(18)16(19-15)21-11-12-4-5-12/h6-7,12-13H,4-5,8-11,18H2,1-3H3. The third kappa shape index (κ3) is 3.42. The van der Waals surface area contributed by atoms with Crippen molar-refractivity contribution in [3.63, 3.8) is 0 Å². The fraction of sp³-hybridized carbons (Fsp3) is 0.706. The zero-order valence-electron chi connectivity index (χ0n) is 13.4. The highest BCUT2D eigenvalue weighted by atomic mass is 16.5. The van der Waals surface area contributed by atoms with Gasteiger partial charge in [0.15, 0.2) is 0 Å². The zero-order chi connectivity index (χ0) is 15.0. The lowest BCUT2D eigenvalue weighted by molar-refractivity contribution is 0.263. The summed E-state index contributed by atoms with van der Waals surface area (Å²) >= 11 is 0. The summed E-state index contributed by atoms with van der Waals surface area (Å²) < 4.78 is 5.79. The molecule has 1 saturated heterocycles. The molecule has 0 aromatic carbocycles. The van der Waals surface area contributed by atoms with Gasteiger partial charge in [0, 0.05) is 13.1 Å². The van der Waals surface area contributed by atoms with E-state index in [1.807, 2.05) is 12.1 Å².